The maximum Gasteiger partial charge on any atom is 0.337 e. The molecule has 4 rings (SSSR count). The van der Waals surface area contributed by atoms with Crippen molar-refractivity contribution in [2.24, 2.45) is 0 Å². The first-order valence-corrected chi connectivity index (χ1v) is 9.87. The van der Waals surface area contributed by atoms with Crippen molar-refractivity contribution >= 4 is 11.9 Å². The molecule has 8 heteroatoms. The number of fused-ring (bicyclic) bond motifs is 1. The fourth-order valence-corrected chi connectivity index (χ4v) is 3.61. The van der Waals surface area contributed by atoms with Gasteiger partial charge in [0.25, 0.3) is 0 Å². The molecule has 0 unspecified atom stereocenters. The predicted molar refractivity (Wildman–Crippen MR) is 106 cm³/mol. The molecular weight excluding hydrogens is 388 g/mol. The van der Waals surface area contributed by atoms with Crippen LogP contribution in [0.15, 0.2) is 48.8 Å². The van der Waals surface area contributed by atoms with Gasteiger partial charge in [0, 0.05) is 25.5 Å². The van der Waals surface area contributed by atoms with Crippen LogP contribution < -0.4 is 4.74 Å². The molecule has 2 aliphatic heterocycles. The number of ether oxygens (including phenoxy) is 4. The van der Waals surface area contributed by atoms with E-state index in [1.807, 2.05) is 12.1 Å². The fourth-order valence-electron chi connectivity index (χ4n) is 3.61. The molecule has 30 heavy (non-hydrogen) atoms. The van der Waals surface area contributed by atoms with E-state index in [9.17, 15) is 9.59 Å². The third kappa shape index (κ3) is 4.77. The summed E-state index contributed by atoms with van der Waals surface area (Å²) in [6.07, 6.45) is 3.12. The summed E-state index contributed by atoms with van der Waals surface area (Å²) in [4.78, 5) is 29.9. The Morgan fingerprint density at radius 2 is 1.67 bits per heavy atom. The van der Waals surface area contributed by atoms with Crippen LogP contribution in [-0.4, -0.2) is 73.5 Å². The summed E-state index contributed by atoms with van der Waals surface area (Å²) in [6.45, 7) is 1.75. The zero-order chi connectivity index (χ0) is 20.9. The molecule has 158 valence electrons. The summed E-state index contributed by atoms with van der Waals surface area (Å²) < 4.78 is 22.6. The lowest BCUT2D eigenvalue weighted by Crippen LogP contribution is -2.33. The van der Waals surface area contributed by atoms with Gasteiger partial charge in [-0.3, -0.25) is 9.78 Å². The van der Waals surface area contributed by atoms with Gasteiger partial charge in [-0.05, 0) is 42.0 Å². The molecule has 2 fully saturated rings. The van der Waals surface area contributed by atoms with Crippen LogP contribution in [0.4, 0.5) is 0 Å². The number of benzene rings is 1. The normalized spacial score (nSPS) is 21.6. The topological polar surface area (TPSA) is 87.2 Å². The van der Waals surface area contributed by atoms with Gasteiger partial charge in [0.2, 0.25) is 5.91 Å². The Kier molecular flexibility index (Phi) is 6.25. The third-order valence-electron chi connectivity index (χ3n) is 5.24. The Morgan fingerprint density at radius 1 is 1.03 bits per heavy atom. The fraction of sp³-hybridized carbons (Fsp3) is 0.409. The standard InChI is InChI=1S/C22H24N2O6/c1-27-22(26)16-2-4-17(5-3-16)30-18-13-28-19-11-24(12-20(19)29-14-18)21(25)10-15-6-8-23-9-7-15/h2-9,18-20H,10-14H2,1H3/t19-,20-/m0/s1. The Hall–Kier alpha value is -2.97. The molecule has 2 saturated heterocycles. The second-order valence-corrected chi connectivity index (χ2v) is 7.33. The molecule has 0 radical (unpaired) electrons. The van der Waals surface area contributed by atoms with E-state index < -0.39 is 5.97 Å². The van der Waals surface area contributed by atoms with Crippen molar-refractivity contribution in [1.82, 2.24) is 9.88 Å². The molecule has 1 aromatic carbocycles. The zero-order valence-electron chi connectivity index (χ0n) is 16.7. The minimum absolute atomic E-state index is 0.0555. The van der Waals surface area contributed by atoms with Crippen LogP contribution in [0.2, 0.25) is 0 Å². The predicted octanol–water partition coefficient (Wildman–Crippen LogP) is 1.48. The van der Waals surface area contributed by atoms with Crippen molar-refractivity contribution in [2.45, 2.75) is 24.7 Å². The summed E-state index contributed by atoms with van der Waals surface area (Å²) in [5.41, 5.74) is 1.40. The van der Waals surface area contributed by atoms with Crippen LogP contribution >= 0.6 is 0 Å². The summed E-state index contributed by atoms with van der Waals surface area (Å²) >= 11 is 0. The Bertz CT molecular complexity index is 857. The van der Waals surface area contributed by atoms with E-state index >= 15 is 0 Å². The lowest BCUT2D eigenvalue weighted by molar-refractivity contribution is -0.130. The average Bonchev–Trinajstić information content (AvgIpc) is 3.10. The van der Waals surface area contributed by atoms with Crippen molar-refractivity contribution in [3.63, 3.8) is 0 Å². The van der Waals surface area contributed by atoms with Crippen LogP contribution in [0.1, 0.15) is 15.9 Å². The van der Waals surface area contributed by atoms with Crippen LogP contribution in [0.3, 0.4) is 0 Å². The van der Waals surface area contributed by atoms with E-state index in [1.165, 1.54) is 7.11 Å². The SMILES string of the molecule is COC(=O)c1ccc(OC2CO[C@H]3CN(C(=O)Cc4ccncc4)C[C@@H]3OC2)cc1. The number of carbonyl (C=O) groups excluding carboxylic acids is 2. The Balaban J connectivity index is 1.28. The number of pyridine rings is 1. The minimum atomic E-state index is -0.390. The van der Waals surface area contributed by atoms with Crippen LogP contribution in [-0.2, 0) is 25.4 Å². The molecule has 0 bridgehead atoms. The van der Waals surface area contributed by atoms with Crippen LogP contribution in [0.25, 0.3) is 0 Å². The molecule has 8 nitrogen and oxygen atoms in total. The van der Waals surface area contributed by atoms with E-state index in [2.05, 4.69) is 4.98 Å². The molecule has 0 spiro atoms. The highest BCUT2D eigenvalue weighted by atomic mass is 16.6. The smallest absolute Gasteiger partial charge is 0.337 e. The van der Waals surface area contributed by atoms with Crippen molar-refractivity contribution in [1.29, 1.82) is 0 Å². The van der Waals surface area contributed by atoms with Gasteiger partial charge < -0.3 is 23.8 Å². The highest BCUT2D eigenvalue weighted by Crippen LogP contribution is 2.23. The number of hydrogen-bond donors (Lipinski definition) is 0. The second-order valence-electron chi connectivity index (χ2n) is 7.33. The van der Waals surface area contributed by atoms with Crippen molar-refractivity contribution in [3.8, 4) is 5.75 Å². The van der Waals surface area contributed by atoms with E-state index in [0.29, 0.717) is 44.0 Å². The van der Waals surface area contributed by atoms with Crippen LogP contribution in [0.5, 0.6) is 5.75 Å². The molecule has 2 aliphatic rings. The van der Waals surface area contributed by atoms with Gasteiger partial charge in [-0.2, -0.15) is 0 Å². The second kappa shape index (κ2) is 9.23. The quantitative estimate of drug-likeness (QED) is 0.688. The Morgan fingerprint density at radius 3 is 2.27 bits per heavy atom. The third-order valence-corrected chi connectivity index (χ3v) is 5.24. The van der Waals surface area contributed by atoms with Gasteiger partial charge in [-0.25, -0.2) is 4.79 Å². The number of esters is 1. The van der Waals surface area contributed by atoms with Gasteiger partial charge >= 0.3 is 5.97 Å². The molecular formula is C22H24N2O6. The van der Waals surface area contributed by atoms with Crippen molar-refractivity contribution in [3.05, 3.63) is 59.9 Å². The summed E-state index contributed by atoms with van der Waals surface area (Å²) in [5, 5.41) is 0. The number of likely N-dealkylation sites (tertiary alicyclic amines) is 1. The highest BCUT2D eigenvalue weighted by Gasteiger charge is 2.39. The number of rotatable bonds is 5. The van der Waals surface area contributed by atoms with Crippen molar-refractivity contribution < 1.29 is 28.5 Å². The lowest BCUT2D eigenvalue weighted by atomic mass is 10.2. The molecule has 0 saturated carbocycles. The maximum atomic E-state index is 12.6. The number of aromatic nitrogens is 1. The first-order chi connectivity index (χ1) is 14.6. The summed E-state index contributed by atoms with van der Waals surface area (Å²) in [5.74, 6) is 0.291. The van der Waals surface area contributed by atoms with Gasteiger partial charge in [-0.1, -0.05) is 0 Å². The van der Waals surface area contributed by atoms with Gasteiger partial charge in [-0.15, -0.1) is 0 Å². The minimum Gasteiger partial charge on any atom is -0.486 e. The average molecular weight is 412 g/mol. The molecule has 3 heterocycles. The summed E-state index contributed by atoms with van der Waals surface area (Å²) in [7, 11) is 1.34. The molecule has 0 N–H and O–H groups in total. The number of methoxy groups -OCH3 is 1. The monoisotopic (exact) mass is 412 g/mol. The van der Waals surface area contributed by atoms with E-state index in [0.717, 1.165) is 5.56 Å². The highest BCUT2D eigenvalue weighted by molar-refractivity contribution is 5.89. The number of hydrogen-bond acceptors (Lipinski definition) is 7. The van der Waals surface area contributed by atoms with Gasteiger partial charge in [0.05, 0.1) is 32.3 Å². The summed E-state index contributed by atoms with van der Waals surface area (Å²) in [6, 6.07) is 10.4. The first kappa shape index (κ1) is 20.3. The first-order valence-electron chi connectivity index (χ1n) is 9.87. The van der Waals surface area contributed by atoms with Crippen LogP contribution in [0, 0.1) is 0 Å². The van der Waals surface area contributed by atoms with E-state index in [-0.39, 0.29) is 24.2 Å². The Labute approximate surface area is 174 Å². The molecule has 2 aromatic rings. The number of carbonyl (C=O) groups is 2. The van der Waals surface area contributed by atoms with Crippen molar-refractivity contribution in [2.75, 3.05) is 33.4 Å². The maximum absolute atomic E-state index is 12.6. The molecule has 1 aromatic heterocycles. The number of amides is 1. The van der Waals surface area contributed by atoms with E-state index in [4.69, 9.17) is 18.9 Å². The largest absolute Gasteiger partial charge is 0.486 e. The number of nitrogens with zero attached hydrogens (tertiary/aromatic N) is 2. The zero-order valence-corrected chi connectivity index (χ0v) is 16.7. The lowest BCUT2D eigenvalue weighted by Gasteiger charge is -2.20. The van der Waals surface area contributed by atoms with Gasteiger partial charge in [0.1, 0.15) is 24.1 Å². The molecule has 0 aliphatic carbocycles. The molecule has 1 amide bonds. The molecule has 2 atom stereocenters. The van der Waals surface area contributed by atoms with E-state index in [1.54, 1.807) is 41.6 Å². The van der Waals surface area contributed by atoms with Gasteiger partial charge in [0.15, 0.2) is 0 Å².